The van der Waals surface area contributed by atoms with Crippen molar-refractivity contribution in [3.63, 3.8) is 0 Å². The predicted molar refractivity (Wildman–Crippen MR) is 138 cm³/mol. The summed E-state index contributed by atoms with van der Waals surface area (Å²) in [6.07, 6.45) is 1.04. The van der Waals surface area contributed by atoms with Crippen LogP contribution in [0, 0.1) is 12.8 Å². The summed E-state index contributed by atoms with van der Waals surface area (Å²) >= 11 is 12.1. The number of hydrogen-bond acceptors (Lipinski definition) is 4. The van der Waals surface area contributed by atoms with Crippen molar-refractivity contribution in [3.05, 3.63) is 63.6 Å². The number of sulfonamides is 1. The maximum Gasteiger partial charge on any atom is 0.244 e. The summed E-state index contributed by atoms with van der Waals surface area (Å²) in [5, 5.41) is 3.52. The first-order valence-corrected chi connectivity index (χ1v) is 13.5. The largest absolute Gasteiger partial charge is 0.354 e. The fraction of sp³-hybridized carbons (Fsp3) is 0.417. The molecule has 0 saturated carbocycles. The number of rotatable bonds is 10. The molecular weight excluding hydrogens is 497 g/mol. The molecule has 1 atom stereocenters. The normalized spacial score (nSPS) is 12.4. The van der Waals surface area contributed by atoms with Gasteiger partial charge in [-0.2, -0.15) is 0 Å². The van der Waals surface area contributed by atoms with Crippen molar-refractivity contribution >= 4 is 50.7 Å². The second-order valence-electron chi connectivity index (χ2n) is 8.69. The van der Waals surface area contributed by atoms with Gasteiger partial charge in [-0.05, 0) is 49.6 Å². The van der Waals surface area contributed by atoms with Gasteiger partial charge in [-0.3, -0.25) is 13.9 Å². The van der Waals surface area contributed by atoms with Crippen LogP contribution in [-0.4, -0.2) is 50.5 Å². The summed E-state index contributed by atoms with van der Waals surface area (Å²) in [7, 11) is -3.77. The zero-order valence-corrected chi connectivity index (χ0v) is 22.3. The minimum absolute atomic E-state index is 0.0531. The van der Waals surface area contributed by atoms with E-state index in [-0.39, 0.29) is 18.4 Å². The van der Waals surface area contributed by atoms with Crippen LogP contribution in [0.1, 0.15) is 31.9 Å². The number of halogens is 2. The molecular formula is C24H31Cl2N3O4S. The minimum atomic E-state index is -3.77. The molecule has 1 N–H and O–H groups in total. The monoisotopic (exact) mass is 527 g/mol. The SMILES string of the molecule is Cc1ccc(N(CC(=O)N(Cc2ccc(Cl)c(Cl)c2)[C@H](C)C(=O)NCC(C)C)S(C)(=O)=O)cc1. The highest BCUT2D eigenvalue weighted by atomic mass is 35.5. The molecule has 0 aliphatic rings. The molecule has 0 saturated heterocycles. The zero-order valence-electron chi connectivity index (χ0n) is 20.0. The van der Waals surface area contributed by atoms with E-state index in [9.17, 15) is 18.0 Å². The Hall–Kier alpha value is -2.29. The van der Waals surface area contributed by atoms with Crippen LogP contribution >= 0.6 is 23.2 Å². The summed E-state index contributed by atoms with van der Waals surface area (Å²) < 4.78 is 26.1. The Labute approximate surface area is 212 Å². The van der Waals surface area contributed by atoms with E-state index in [2.05, 4.69) is 5.32 Å². The van der Waals surface area contributed by atoms with Gasteiger partial charge in [0.15, 0.2) is 0 Å². The number of aryl methyl sites for hydroxylation is 1. The number of amides is 2. The van der Waals surface area contributed by atoms with Crippen LogP contribution in [0.4, 0.5) is 5.69 Å². The molecule has 2 amide bonds. The van der Waals surface area contributed by atoms with Gasteiger partial charge in [0.2, 0.25) is 21.8 Å². The van der Waals surface area contributed by atoms with Crippen LogP contribution in [-0.2, 0) is 26.2 Å². The molecule has 0 heterocycles. The van der Waals surface area contributed by atoms with Crippen molar-refractivity contribution in [2.45, 2.75) is 40.3 Å². The quantitative estimate of drug-likeness (QED) is 0.500. The number of carbonyl (C=O) groups is 2. The van der Waals surface area contributed by atoms with Crippen LogP contribution in [0.25, 0.3) is 0 Å². The minimum Gasteiger partial charge on any atom is -0.354 e. The van der Waals surface area contributed by atoms with Crippen molar-refractivity contribution < 1.29 is 18.0 Å². The van der Waals surface area contributed by atoms with Gasteiger partial charge >= 0.3 is 0 Å². The van der Waals surface area contributed by atoms with Crippen molar-refractivity contribution in [3.8, 4) is 0 Å². The van der Waals surface area contributed by atoms with Crippen LogP contribution in [0.5, 0.6) is 0 Å². The third-order valence-electron chi connectivity index (χ3n) is 5.19. The number of carbonyl (C=O) groups excluding carboxylic acids is 2. The van der Waals surface area contributed by atoms with Crippen molar-refractivity contribution in [1.82, 2.24) is 10.2 Å². The fourth-order valence-electron chi connectivity index (χ4n) is 3.19. The summed E-state index contributed by atoms with van der Waals surface area (Å²) in [5.74, 6) is -0.620. The second-order valence-corrected chi connectivity index (χ2v) is 11.4. The number of nitrogens with zero attached hydrogens (tertiary/aromatic N) is 2. The van der Waals surface area contributed by atoms with E-state index in [1.807, 2.05) is 20.8 Å². The first-order valence-electron chi connectivity index (χ1n) is 10.8. The topological polar surface area (TPSA) is 86.8 Å². The van der Waals surface area contributed by atoms with Crippen molar-refractivity contribution in [2.24, 2.45) is 5.92 Å². The van der Waals surface area contributed by atoms with Gasteiger partial charge in [0.05, 0.1) is 22.0 Å². The molecule has 0 aliphatic heterocycles. The molecule has 2 rings (SSSR count). The number of benzene rings is 2. The molecule has 0 fully saturated rings. The molecule has 0 radical (unpaired) electrons. The van der Waals surface area contributed by atoms with Crippen LogP contribution in [0.2, 0.25) is 10.0 Å². The summed E-state index contributed by atoms with van der Waals surface area (Å²) in [4.78, 5) is 27.6. The molecule has 0 aliphatic carbocycles. The van der Waals surface area contributed by atoms with E-state index in [1.165, 1.54) is 4.90 Å². The molecule has 2 aromatic carbocycles. The summed E-state index contributed by atoms with van der Waals surface area (Å²) in [6, 6.07) is 10.9. The first-order chi connectivity index (χ1) is 15.8. The van der Waals surface area contributed by atoms with Crippen molar-refractivity contribution in [2.75, 3.05) is 23.7 Å². The van der Waals surface area contributed by atoms with Gasteiger partial charge in [0.25, 0.3) is 0 Å². The van der Waals surface area contributed by atoms with Gasteiger partial charge in [-0.25, -0.2) is 8.42 Å². The lowest BCUT2D eigenvalue weighted by Gasteiger charge is -2.31. The third kappa shape index (κ3) is 7.89. The summed E-state index contributed by atoms with van der Waals surface area (Å²) in [6.45, 7) is 7.49. The van der Waals surface area contributed by atoms with E-state index in [4.69, 9.17) is 23.2 Å². The van der Waals surface area contributed by atoms with Gasteiger partial charge in [-0.1, -0.05) is 60.8 Å². The Balaban J connectivity index is 2.38. The molecule has 0 bridgehead atoms. The van der Waals surface area contributed by atoms with E-state index in [1.54, 1.807) is 49.4 Å². The Morgan fingerprint density at radius 1 is 1.00 bits per heavy atom. The lowest BCUT2D eigenvalue weighted by atomic mass is 10.1. The standard InChI is InChI=1S/C24H31Cl2N3O4S/c1-16(2)13-27-24(31)18(4)28(14-19-8-11-21(25)22(26)12-19)23(30)15-29(34(5,32)33)20-9-6-17(3)7-10-20/h6-12,16,18H,13-15H2,1-5H3,(H,27,31)/t18-/m1/s1. The highest BCUT2D eigenvalue weighted by Gasteiger charge is 2.30. The number of nitrogens with one attached hydrogen (secondary N) is 1. The van der Waals surface area contributed by atoms with Gasteiger partial charge in [-0.15, -0.1) is 0 Å². The van der Waals surface area contributed by atoms with E-state index < -0.39 is 28.5 Å². The molecule has 0 aromatic heterocycles. The molecule has 10 heteroatoms. The predicted octanol–water partition coefficient (Wildman–Crippen LogP) is 4.26. The average molecular weight is 529 g/mol. The summed E-state index contributed by atoms with van der Waals surface area (Å²) in [5.41, 5.74) is 1.99. The molecule has 7 nitrogen and oxygen atoms in total. The maximum absolute atomic E-state index is 13.5. The highest BCUT2D eigenvalue weighted by molar-refractivity contribution is 7.92. The first kappa shape index (κ1) is 28.0. The second kappa shape index (κ2) is 11.9. The number of hydrogen-bond donors (Lipinski definition) is 1. The fourth-order valence-corrected chi connectivity index (χ4v) is 4.36. The molecule has 34 heavy (non-hydrogen) atoms. The van der Waals surface area contributed by atoms with E-state index >= 15 is 0 Å². The smallest absolute Gasteiger partial charge is 0.244 e. The molecule has 0 spiro atoms. The van der Waals surface area contributed by atoms with E-state index in [0.29, 0.717) is 27.8 Å². The third-order valence-corrected chi connectivity index (χ3v) is 7.07. The van der Waals surface area contributed by atoms with Crippen LogP contribution in [0.3, 0.4) is 0 Å². The average Bonchev–Trinajstić information content (AvgIpc) is 2.75. The number of anilines is 1. The van der Waals surface area contributed by atoms with Crippen LogP contribution in [0.15, 0.2) is 42.5 Å². The molecule has 0 unspecified atom stereocenters. The lowest BCUT2D eigenvalue weighted by molar-refractivity contribution is -0.139. The Kier molecular flexibility index (Phi) is 9.79. The molecule has 2 aromatic rings. The Morgan fingerprint density at radius 2 is 1.62 bits per heavy atom. The van der Waals surface area contributed by atoms with Crippen molar-refractivity contribution in [1.29, 1.82) is 0 Å². The lowest BCUT2D eigenvalue weighted by Crippen LogP contribution is -2.51. The Morgan fingerprint density at radius 3 is 2.15 bits per heavy atom. The van der Waals surface area contributed by atoms with Gasteiger partial charge < -0.3 is 10.2 Å². The maximum atomic E-state index is 13.5. The Bertz CT molecular complexity index is 1120. The van der Waals surface area contributed by atoms with Crippen LogP contribution < -0.4 is 9.62 Å². The van der Waals surface area contributed by atoms with Gasteiger partial charge in [0.1, 0.15) is 12.6 Å². The molecule has 186 valence electrons. The zero-order chi connectivity index (χ0) is 25.6. The van der Waals surface area contributed by atoms with E-state index in [0.717, 1.165) is 16.1 Å². The van der Waals surface area contributed by atoms with Gasteiger partial charge in [0, 0.05) is 13.1 Å². The highest BCUT2D eigenvalue weighted by Crippen LogP contribution is 2.24.